The molecule has 0 saturated carbocycles. The maximum Gasteiger partial charge on any atom is 0.395 e. The van der Waals surface area contributed by atoms with Crippen LogP contribution in [0.5, 0.6) is 0 Å². The lowest BCUT2D eigenvalue weighted by Gasteiger charge is -2.08. The van der Waals surface area contributed by atoms with Gasteiger partial charge in [0.1, 0.15) is 5.70 Å². The molecule has 1 rings (SSSR count). The van der Waals surface area contributed by atoms with Gasteiger partial charge in [-0.2, -0.15) is 0 Å². The van der Waals surface area contributed by atoms with E-state index in [0.29, 0.717) is 10.0 Å². The van der Waals surface area contributed by atoms with Crippen LogP contribution in [0.2, 0.25) is 10.0 Å². The first-order valence-corrected chi connectivity index (χ1v) is 6.16. The van der Waals surface area contributed by atoms with Gasteiger partial charge in [-0.25, -0.2) is 14.5 Å². The molecule has 0 aliphatic carbocycles. The van der Waals surface area contributed by atoms with Crippen molar-refractivity contribution in [1.29, 1.82) is 0 Å². The highest BCUT2D eigenvalue weighted by atomic mass is 35.5. The molecular formula is C12H10Cl2FNO4. The standard InChI is InChI=1S/C12H10Cl2FNO4/c1-2-19-11(17)6-10(12(18)20-15)16-9-4-7(13)3-8(14)5-9/h3-6,16H,2H2,1H3/b10-6-. The van der Waals surface area contributed by atoms with Crippen LogP contribution in [0.25, 0.3) is 0 Å². The molecule has 0 fully saturated rings. The molecule has 108 valence electrons. The number of nitrogens with one attached hydrogen (secondary N) is 1. The molecule has 0 unspecified atom stereocenters. The van der Waals surface area contributed by atoms with Gasteiger partial charge >= 0.3 is 11.9 Å². The van der Waals surface area contributed by atoms with E-state index in [-0.39, 0.29) is 12.3 Å². The molecule has 20 heavy (non-hydrogen) atoms. The Morgan fingerprint density at radius 1 is 1.30 bits per heavy atom. The second-order valence-electron chi connectivity index (χ2n) is 3.46. The lowest BCUT2D eigenvalue weighted by atomic mass is 10.3. The first kappa shape index (κ1) is 16.3. The SMILES string of the molecule is CCOC(=O)/C=C(\Nc1cc(Cl)cc(Cl)c1)C(=O)OF. The average molecular weight is 322 g/mol. The van der Waals surface area contributed by atoms with E-state index >= 15 is 0 Å². The molecule has 0 atom stereocenters. The second-order valence-corrected chi connectivity index (χ2v) is 4.33. The van der Waals surface area contributed by atoms with Crippen molar-refractivity contribution in [3.05, 3.63) is 40.0 Å². The minimum Gasteiger partial charge on any atom is -0.463 e. The molecule has 0 aliphatic rings. The van der Waals surface area contributed by atoms with E-state index < -0.39 is 17.6 Å². The highest BCUT2D eigenvalue weighted by molar-refractivity contribution is 6.35. The van der Waals surface area contributed by atoms with Crippen LogP contribution < -0.4 is 5.32 Å². The fourth-order valence-electron chi connectivity index (χ4n) is 1.27. The maximum atomic E-state index is 12.0. The van der Waals surface area contributed by atoms with Crippen molar-refractivity contribution in [3.8, 4) is 0 Å². The van der Waals surface area contributed by atoms with Crippen LogP contribution in [0.15, 0.2) is 30.0 Å². The largest absolute Gasteiger partial charge is 0.463 e. The van der Waals surface area contributed by atoms with Crippen LogP contribution >= 0.6 is 23.2 Å². The summed E-state index contributed by atoms with van der Waals surface area (Å²) < 4.78 is 16.6. The van der Waals surface area contributed by atoms with Gasteiger partial charge in [-0.05, 0) is 25.1 Å². The Labute approximate surface area is 124 Å². The molecule has 0 aromatic heterocycles. The maximum absolute atomic E-state index is 12.0. The molecule has 8 heteroatoms. The Kier molecular flexibility index (Phi) is 6.27. The number of esters is 1. The number of halogens is 3. The molecule has 0 radical (unpaired) electrons. The molecule has 0 aliphatic heterocycles. The van der Waals surface area contributed by atoms with E-state index in [1.54, 1.807) is 6.92 Å². The summed E-state index contributed by atoms with van der Waals surface area (Å²) in [7, 11) is 0. The van der Waals surface area contributed by atoms with Crippen LogP contribution in [0.3, 0.4) is 0 Å². The molecule has 0 amide bonds. The van der Waals surface area contributed by atoms with Crippen LogP contribution in [0.4, 0.5) is 10.2 Å². The molecular weight excluding hydrogens is 312 g/mol. The first-order chi connectivity index (χ1) is 9.46. The van der Waals surface area contributed by atoms with Crippen LogP contribution in [0, 0.1) is 0 Å². The van der Waals surface area contributed by atoms with E-state index in [2.05, 4.69) is 15.0 Å². The molecule has 1 N–H and O–H groups in total. The predicted molar refractivity (Wildman–Crippen MR) is 72.0 cm³/mol. The zero-order chi connectivity index (χ0) is 15.1. The van der Waals surface area contributed by atoms with Gasteiger partial charge in [0.15, 0.2) is 0 Å². The summed E-state index contributed by atoms with van der Waals surface area (Å²) in [5, 5.41) is 3.07. The fourth-order valence-corrected chi connectivity index (χ4v) is 1.80. The van der Waals surface area contributed by atoms with E-state index in [1.165, 1.54) is 18.2 Å². The molecule has 0 bridgehead atoms. The minimum absolute atomic E-state index is 0.107. The van der Waals surface area contributed by atoms with Gasteiger partial charge in [-0.15, -0.1) is 0 Å². The van der Waals surface area contributed by atoms with Crippen LogP contribution in [0.1, 0.15) is 6.92 Å². The Balaban J connectivity index is 3.00. The number of rotatable bonds is 5. The third-order valence-corrected chi connectivity index (χ3v) is 2.42. The van der Waals surface area contributed by atoms with Gasteiger partial charge in [-0.3, -0.25) is 0 Å². The molecule has 1 aromatic rings. The molecule has 5 nitrogen and oxygen atoms in total. The zero-order valence-corrected chi connectivity index (χ0v) is 11.8. The molecule has 0 heterocycles. The van der Waals surface area contributed by atoms with Crippen LogP contribution in [-0.4, -0.2) is 18.5 Å². The van der Waals surface area contributed by atoms with Gasteiger partial charge in [0, 0.05) is 20.3 Å². The zero-order valence-electron chi connectivity index (χ0n) is 10.3. The van der Waals surface area contributed by atoms with E-state index in [0.717, 1.165) is 6.08 Å². The lowest BCUT2D eigenvalue weighted by Crippen LogP contribution is -2.15. The van der Waals surface area contributed by atoms with E-state index in [9.17, 15) is 14.1 Å². The number of anilines is 1. The number of carbonyl (C=O) groups is 2. The molecule has 0 spiro atoms. The van der Waals surface area contributed by atoms with Gasteiger partial charge in [0.2, 0.25) is 0 Å². The summed E-state index contributed by atoms with van der Waals surface area (Å²) in [6.07, 6.45) is 0.764. The molecule has 0 saturated heterocycles. The number of hydrogen-bond donors (Lipinski definition) is 1. The van der Waals surface area contributed by atoms with Crippen molar-refractivity contribution < 1.29 is 23.8 Å². The smallest absolute Gasteiger partial charge is 0.395 e. The topological polar surface area (TPSA) is 64.6 Å². The van der Waals surface area contributed by atoms with Crippen molar-refractivity contribution in [2.24, 2.45) is 0 Å². The third kappa shape index (κ3) is 5.07. The van der Waals surface area contributed by atoms with Gasteiger partial charge in [0.05, 0.1) is 12.7 Å². The van der Waals surface area contributed by atoms with Gasteiger partial charge in [0.25, 0.3) is 0 Å². The van der Waals surface area contributed by atoms with Crippen molar-refractivity contribution in [1.82, 2.24) is 0 Å². The van der Waals surface area contributed by atoms with Gasteiger partial charge in [-0.1, -0.05) is 23.2 Å². The Morgan fingerprint density at radius 2 is 1.90 bits per heavy atom. The molecule has 1 aromatic carbocycles. The summed E-state index contributed by atoms with van der Waals surface area (Å²) >= 11 is 11.6. The summed E-state index contributed by atoms with van der Waals surface area (Å²) in [6, 6.07) is 4.33. The highest BCUT2D eigenvalue weighted by Crippen LogP contribution is 2.23. The summed E-state index contributed by atoms with van der Waals surface area (Å²) in [4.78, 5) is 25.6. The number of carbonyl (C=O) groups excluding carboxylic acids is 2. The Bertz CT molecular complexity index is 528. The van der Waals surface area contributed by atoms with E-state index in [4.69, 9.17) is 23.2 Å². The minimum atomic E-state index is -1.38. The van der Waals surface area contributed by atoms with Crippen molar-refractivity contribution in [3.63, 3.8) is 0 Å². The summed E-state index contributed by atoms with van der Waals surface area (Å²) in [5.41, 5.74) is -0.173. The predicted octanol–water partition coefficient (Wildman–Crippen LogP) is 3.28. The number of ether oxygens (including phenoxy) is 1. The Hall–Kier alpha value is -1.79. The summed E-state index contributed by atoms with van der Waals surface area (Å²) in [6.45, 7) is 1.69. The Morgan fingerprint density at radius 3 is 2.40 bits per heavy atom. The average Bonchev–Trinajstić information content (AvgIpc) is 2.36. The van der Waals surface area contributed by atoms with E-state index in [1.807, 2.05) is 0 Å². The number of benzene rings is 1. The lowest BCUT2D eigenvalue weighted by molar-refractivity contribution is -0.178. The van der Waals surface area contributed by atoms with Crippen molar-refractivity contribution in [2.75, 3.05) is 11.9 Å². The summed E-state index contributed by atoms with van der Waals surface area (Å²) in [5.74, 6) is -2.21. The first-order valence-electron chi connectivity index (χ1n) is 5.40. The monoisotopic (exact) mass is 321 g/mol. The van der Waals surface area contributed by atoms with Gasteiger partial charge < -0.3 is 10.1 Å². The highest BCUT2D eigenvalue weighted by Gasteiger charge is 2.15. The second kappa shape index (κ2) is 7.72. The number of hydrogen-bond acceptors (Lipinski definition) is 5. The quantitative estimate of drug-likeness (QED) is 0.666. The van der Waals surface area contributed by atoms with Crippen molar-refractivity contribution >= 4 is 40.8 Å². The van der Waals surface area contributed by atoms with Crippen LogP contribution in [-0.2, 0) is 19.3 Å². The fraction of sp³-hybridized carbons (Fsp3) is 0.167. The van der Waals surface area contributed by atoms with Crippen molar-refractivity contribution in [2.45, 2.75) is 6.92 Å². The normalized spacial score (nSPS) is 10.9. The third-order valence-electron chi connectivity index (χ3n) is 1.98.